The highest BCUT2D eigenvalue weighted by molar-refractivity contribution is 4.98. The van der Waals surface area contributed by atoms with Crippen LogP contribution in [0.2, 0.25) is 0 Å². The highest BCUT2D eigenvalue weighted by Crippen LogP contribution is 2.10. The van der Waals surface area contributed by atoms with E-state index in [0.29, 0.717) is 12.0 Å². The average molecular weight is 252 g/mol. The van der Waals surface area contributed by atoms with Gasteiger partial charge in [-0.25, -0.2) is 0 Å². The van der Waals surface area contributed by atoms with Crippen molar-refractivity contribution in [2.45, 2.75) is 46.2 Å². The first-order valence-corrected chi connectivity index (χ1v) is 7.06. The second-order valence-corrected chi connectivity index (χ2v) is 5.49. The van der Waals surface area contributed by atoms with Crippen LogP contribution in [-0.2, 0) is 6.54 Å². The predicted octanol–water partition coefficient (Wildman–Crippen LogP) is 3.13. The lowest BCUT2D eigenvalue weighted by atomic mass is 10.1. The molecule has 0 amide bonds. The first-order chi connectivity index (χ1) is 8.63. The molecule has 0 aromatic carbocycles. The van der Waals surface area contributed by atoms with Gasteiger partial charge in [-0.1, -0.05) is 27.2 Å². The lowest BCUT2D eigenvalue weighted by Crippen LogP contribution is -2.40. The van der Waals surface area contributed by atoms with Crippen LogP contribution in [0, 0.1) is 5.92 Å². The van der Waals surface area contributed by atoms with E-state index in [1.165, 1.54) is 12.8 Å². The molecule has 1 aromatic heterocycles. The van der Waals surface area contributed by atoms with Gasteiger partial charge in [-0.3, -0.25) is 4.90 Å². The van der Waals surface area contributed by atoms with E-state index in [0.717, 1.165) is 25.4 Å². The van der Waals surface area contributed by atoms with Crippen molar-refractivity contribution < 1.29 is 4.42 Å². The highest BCUT2D eigenvalue weighted by Gasteiger charge is 2.14. The lowest BCUT2D eigenvalue weighted by Gasteiger charge is -2.27. The van der Waals surface area contributed by atoms with E-state index in [1.54, 1.807) is 6.26 Å². The third kappa shape index (κ3) is 5.69. The molecular weight excluding hydrogens is 224 g/mol. The number of furan rings is 1. The molecule has 18 heavy (non-hydrogen) atoms. The van der Waals surface area contributed by atoms with Crippen molar-refractivity contribution in [3.05, 3.63) is 24.2 Å². The Balaban J connectivity index is 2.39. The Morgan fingerprint density at radius 3 is 2.67 bits per heavy atom. The van der Waals surface area contributed by atoms with Crippen LogP contribution in [0.4, 0.5) is 0 Å². The van der Waals surface area contributed by atoms with E-state index >= 15 is 0 Å². The molecule has 0 spiro atoms. The van der Waals surface area contributed by atoms with E-state index in [1.807, 2.05) is 12.1 Å². The number of hydrogen-bond donors (Lipinski definition) is 1. The monoisotopic (exact) mass is 252 g/mol. The summed E-state index contributed by atoms with van der Waals surface area (Å²) in [4.78, 5) is 2.38. The van der Waals surface area contributed by atoms with Crippen molar-refractivity contribution in [2.75, 3.05) is 20.1 Å². The standard InChI is InChI=1S/C15H28N2O/c1-5-7-14(11-16-10-13(2)3)17(4)12-15-8-6-9-18-15/h6,8-9,13-14,16H,5,7,10-12H2,1-4H3. The molecule has 1 heterocycles. The summed E-state index contributed by atoms with van der Waals surface area (Å²) < 4.78 is 5.41. The fraction of sp³-hybridized carbons (Fsp3) is 0.733. The molecular formula is C15H28N2O. The van der Waals surface area contributed by atoms with Crippen molar-refractivity contribution in [3.8, 4) is 0 Å². The van der Waals surface area contributed by atoms with Gasteiger partial charge in [-0.05, 0) is 38.1 Å². The summed E-state index contributed by atoms with van der Waals surface area (Å²) in [6.07, 6.45) is 4.19. The van der Waals surface area contributed by atoms with Gasteiger partial charge in [0.25, 0.3) is 0 Å². The Labute approximate surface area is 112 Å². The summed E-state index contributed by atoms with van der Waals surface area (Å²) >= 11 is 0. The van der Waals surface area contributed by atoms with Crippen molar-refractivity contribution in [1.29, 1.82) is 0 Å². The third-order valence-corrected chi connectivity index (χ3v) is 3.16. The maximum atomic E-state index is 5.41. The molecule has 1 N–H and O–H groups in total. The molecule has 0 saturated heterocycles. The number of nitrogens with one attached hydrogen (secondary N) is 1. The van der Waals surface area contributed by atoms with Crippen LogP contribution in [0.25, 0.3) is 0 Å². The van der Waals surface area contributed by atoms with E-state index in [9.17, 15) is 0 Å². The number of nitrogens with zero attached hydrogens (tertiary/aromatic N) is 1. The summed E-state index contributed by atoms with van der Waals surface area (Å²) in [5.74, 6) is 1.75. The molecule has 0 saturated carbocycles. The molecule has 1 rings (SSSR count). The lowest BCUT2D eigenvalue weighted by molar-refractivity contribution is 0.199. The van der Waals surface area contributed by atoms with Gasteiger partial charge in [0.2, 0.25) is 0 Å². The van der Waals surface area contributed by atoms with Gasteiger partial charge in [-0.15, -0.1) is 0 Å². The second kappa shape index (κ2) is 8.33. The molecule has 0 radical (unpaired) electrons. The smallest absolute Gasteiger partial charge is 0.117 e. The molecule has 0 aliphatic carbocycles. The topological polar surface area (TPSA) is 28.4 Å². The van der Waals surface area contributed by atoms with Gasteiger partial charge in [0.05, 0.1) is 12.8 Å². The summed E-state index contributed by atoms with van der Waals surface area (Å²) in [5.41, 5.74) is 0. The zero-order chi connectivity index (χ0) is 13.4. The van der Waals surface area contributed by atoms with Crippen LogP contribution in [0.15, 0.2) is 22.8 Å². The van der Waals surface area contributed by atoms with Crippen LogP contribution >= 0.6 is 0 Å². The number of hydrogen-bond acceptors (Lipinski definition) is 3. The minimum Gasteiger partial charge on any atom is -0.468 e. The normalized spacial score (nSPS) is 13.4. The largest absolute Gasteiger partial charge is 0.468 e. The molecule has 3 heteroatoms. The summed E-state index contributed by atoms with van der Waals surface area (Å²) in [5, 5.41) is 3.56. The molecule has 104 valence electrons. The van der Waals surface area contributed by atoms with Crippen LogP contribution < -0.4 is 5.32 Å². The van der Waals surface area contributed by atoms with E-state index < -0.39 is 0 Å². The maximum Gasteiger partial charge on any atom is 0.117 e. The fourth-order valence-electron chi connectivity index (χ4n) is 2.13. The van der Waals surface area contributed by atoms with E-state index in [2.05, 4.69) is 38.0 Å². The molecule has 0 aliphatic heterocycles. The number of likely N-dealkylation sites (N-methyl/N-ethyl adjacent to an activating group) is 1. The van der Waals surface area contributed by atoms with Crippen LogP contribution in [-0.4, -0.2) is 31.1 Å². The number of rotatable bonds is 9. The van der Waals surface area contributed by atoms with E-state index in [4.69, 9.17) is 4.42 Å². The molecule has 1 aromatic rings. The molecule has 1 atom stereocenters. The molecule has 0 bridgehead atoms. The summed E-state index contributed by atoms with van der Waals surface area (Å²) in [6.45, 7) is 9.78. The Bertz CT molecular complexity index is 295. The molecule has 1 unspecified atom stereocenters. The van der Waals surface area contributed by atoms with Gasteiger partial charge < -0.3 is 9.73 Å². The van der Waals surface area contributed by atoms with Gasteiger partial charge in [0, 0.05) is 12.6 Å². The van der Waals surface area contributed by atoms with Gasteiger partial charge in [0.15, 0.2) is 0 Å². The minimum absolute atomic E-state index is 0.582. The van der Waals surface area contributed by atoms with Crippen LogP contribution in [0.5, 0.6) is 0 Å². The SMILES string of the molecule is CCCC(CNCC(C)C)N(C)Cc1ccco1. The Kier molecular flexibility index (Phi) is 7.06. The highest BCUT2D eigenvalue weighted by atomic mass is 16.3. The van der Waals surface area contributed by atoms with Crippen molar-refractivity contribution >= 4 is 0 Å². The van der Waals surface area contributed by atoms with Gasteiger partial charge >= 0.3 is 0 Å². The molecule has 0 aliphatic rings. The van der Waals surface area contributed by atoms with Crippen molar-refractivity contribution in [3.63, 3.8) is 0 Å². The molecule has 0 fully saturated rings. The molecule has 3 nitrogen and oxygen atoms in total. The summed E-state index contributed by atoms with van der Waals surface area (Å²) in [7, 11) is 2.18. The first kappa shape index (κ1) is 15.3. The maximum absolute atomic E-state index is 5.41. The quantitative estimate of drug-likeness (QED) is 0.732. The van der Waals surface area contributed by atoms with E-state index in [-0.39, 0.29) is 0 Å². The predicted molar refractivity (Wildman–Crippen MR) is 76.6 cm³/mol. The van der Waals surface area contributed by atoms with Crippen molar-refractivity contribution in [2.24, 2.45) is 5.92 Å². The van der Waals surface area contributed by atoms with Crippen LogP contribution in [0.1, 0.15) is 39.4 Å². The Morgan fingerprint density at radius 2 is 2.11 bits per heavy atom. The second-order valence-electron chi connectivity index (χ2n) is 5.49. The zero-order valence-corrected chi connectivity index (χ0v) is 12.3. The summed E-state index contributed by atoms with van der Waals surface area (Å²) in [6, 6.07) is 4.58. The fourth-order valence-corrected chi connectivity index (χ4v) is 2.13. The van der Waals surface area contributed by atoms with Crippen molar-refractivity contribution in [1.82, 2.24) is 10.2 Å². The zero-order valence-electron chi connectivity index (χ0n) is 12.3. The Morgan fingerprint density at radius 1 is 1.33 bits per heavy atom. The van der Waals surface area contributed by atoms with Gasteiger partial charge in [-0.2, -0.15) is 0 Å². The average Bonchev–Trinajstić information content (AvgIpc) is 2.80. The first-order valence-electron chi connectivity index (χ1n) is 7.06. The van der Waals surface area contributed by atoms with Crippen LogP contribution in [0.3, 0.4) is 0 Å². The third-order valence-electron chi connectivity index (χ3n) is 3.16. The Hall–Kier alpha value is -0.800. The van der Waals surface area contributed by atoms with Gasteiger partial charge in [0.1, 0.15) is 5.76 Å². The minimum atomic E-state index is 0.582.